The molecule has 3 aliphatic rings. The maximum Gasteiger partial charge on any atom is 0.223 e. The quantitative estimate of drug-likeness (QED) is 0.560. The van der Waals surface area contributed by atoms with Crippen molar-refractivity contribution in [3.63, 3.8) is 0 Å². The molecule has 0 saturated heterocycles. The highest BCUT2D eigenvalue weighted by Gasteiger charge is 2.32. The van der Waals surface area contributed by atoms with E-state index >= 15 is 0 Å². The third-order valence-corrected chi connectivity index (χ3v) is 7.66. The van der Waals surface area contributed by atoms with E-state index in [-0.39, 0.29) is 11.6 Å². The van der Waals surface area contributed by atoms with E-state index in [1.54, 1.807) is 13.3 Å². The molecule has 2 aromatic rings. The number of nitrogens with one attached hydrogen (secondary N) is 2. The van der Waals surface area contributed by atoms with Gasteiger partial charge in [-0.25, -0.2) is 23.7 Å². The van der Waals surface area contributed by atoms with Crippen LogP contribution in [0.4, 0.5) is 26.1 Å². The van der Waals surface area contributed by atoms with Crippen molar-refractivity contribution in [3.8, 4) is 0 Å². The van der Waals surface area contributed by atoms with Crippen LogP contribution in [0.2, 0.25) is 0 Å². The lowest BCUT2D eigenvalue weighted by molar-refractivity contribution is 0.0681. The lowest BCUT2D eigenvalue weighted by Gasteiger charge is -2.28. The van der Waals surface area contributed by atoms with Gasteiger partial charge >= 0.3 is 0 Å². The monoisotopic (exact) mass is 469 g/mol. The van der Waals surface area contributed by atoms with Gasteiger partial charge in [-0.2, -0.15) is 0 Å². The van der Waals surface area contributed by atoms with Gasteiger partial charge in [-0.15, -0.1) is 0 Å². The first-order valence-corrected chi connectivity index (χ1v) is 12.6. The number of halogens is 2. The average molecular weight is 470 g/mol. The number of nitrogens with zero attached hydrogens (tertiary/aromatic N) is 3. The number of hydrogen-bond acceptors (Lipinski definition) is 5. The molecule has 1 aliphatic heterocycles. The zero-order chi connectivity index (χ0) is 23.5. The minimum absolute atomic E-state index is 0.0276. The van der Waals surface area contributed by atoms with Crippen LogP contribution in [0, 0.1) is 23.5 Å². The minimum Gasteiger partial charge on any atom is -0.381 e. The number of benzene rings is 1. The molecule has 2 saturated carbocycles. The van der Waals surface area contributed by atoms with E-state index in [1.165, 1.54) is 25.0 Å². The van der Waals surface area contributed by atoms with Gasteiger partial charge in [-0.1, -0.05) is 18.9 Å². The lowest BCUT2D eigenvalue weighted by Crippen LogP contribution is -2.30. The minimum atomic E-state index is -0.912. The van der Waals surface area contributed by atoms with Crippen LogP contribution in [-0.4, -0.2) is 35.1 Å². The zero-order valence-corrected chi connectivity index (χ0v) is 19.7. The molecule has 1 aromatic heterocycles. The summed E-state index contributed by atoms with van der Waals surface area (Å²) >= 11 is 0. The predicted octanol–water partition coefficient (Wildman–Crippen LogP) is 6.02. The summed E-state index contributed by atoms with van der Waals surface area (Å²) in [5.74, 6) is 0.184. The van der Waals surface area contributed by atoms with Crippen LogP contribution in [0.25, 0.3) is 0 Å². The Kier molecular flexibility index (Phi) is 7.04. The highest BCUT2D eigenvalue weighted by molar-refractivity contribution is 6.00. The summed E-state index contributed by atoms with van der Waals surface area (Å²) < 4.78 is 33.7. The van der Waals surface area contributed by atoms with Crippen molar-refractivity contribution in [3.05, 3.63) is 41.7 Å². The number of hydrogen-bond donors (Lipinski definition) is 2. The van der Waals surface area contributed by atoms with Gasteiger partial charge in [0.05, 0.1) is 23.7 Å². The predicted molar refractivity (Wildman–Crippen MR) is 130 cm³/mol. The van der Waals surface area contributed by atoms with Crippen LogP contribution >= 0.6 is 0 Å². The van der Waals surface area contributed by atoms with Crippen molar-refractivity contribution in [2.45, 2.75) is 76.4 Å². The Hall–Kier alpha value is -2.61. The molecule has 1 unspecified atom stereocenters. The second-order valence-corrected chi connectivity index (χ2v) is 9.79. The Morgan fingerprint density at radius 1 is 1.06 bits per heavy atom. The molecule has 2 heterocycles. The summed E-state index contributed by atoms with van der Waals surface area (Å²) in [4.78, 5) is 14.0. The third-order valence-electron chi connectivity index (χ3n) is 7.66. The second kappa shape index (κ2) is 10.3. The maximum atomic E-state index is 14.4. The van der Waals surface area contributed by atoms with Crippen LogP contribution < -0.4 is 10.6 Å². The molecule has 0 bridgehead atoms. The summed E-state index contributed by atoms with van der Waals surface area (Å²) in [6.07, 6.45) is 12.6. The van der Waals surface area contributed by atoms with Gasteiger partial charge in [0.25, 0.3) is 0 Å². The number of aliphatic imine (C=N–C) groups is 1. The fraction of sp³-hybridized carbons (Fsp3) is 0.577. The SMILES string of the molecule is COC1CCC(Nc2ncc3c(n2)CCC(C2CCCC2)C(=Nc2cccc(F)c2F)N3)CC1. The normalized spacial score (nSPS) is 26.7. The molecule has 182 valence electrons. The molecule has 0 amide bonds. The van der Waals surface area contributed by atoms with Gasteiger partial charge in [-0.05, 0) is 69.4 Å². The smallest absolute Gasteiger partial charge is 0.223 e. The first-order chi connectivity index (χ1) is 16.6. The Bertz CT molecular complexity index is 1030. The summed E-state index contributed by atoms with van der Waals surface area (Å²) in [5.41, 5.74) is 1.76. The average Bonchev–Trinajstić information content (AvgIpc) is 3.32. The number of amidine groups is 1. The van der Waals surface area contributed by atoms with Gasteiger partial charge in [0.1, 0.15) is 11.5 Å². The Labute approximate surface area is 199 Å². The standard InChI is InChI=1S/C26H33F2N5O/c1-34-18-11-9-17(10-12-18)30-26-29-15-23-21(33-26)14-13-19(16-5-2-3-6-16)25(32-23)31-22-8-4-7-20(27)24(22)28/h4,7-8,15-19H,2-3,5-6,9-14H2,1H3,(H,31,32)(H,29,30,33). The fourth-order valence-corrected chi connectivity index (χ4v) is 5.70. The number of aryl methyl sites for hydroxylation is 1. The molecule has 2 N–H and O–H groups in total. The number of ether oxygens (including phenoxy) is 1. The molecule has 8 heteroatoms. The topological polar surface area (TPSA) is 71.4 Å². The van der Waals surface area contributed by atoms with Crippen molar-refractivity contribution in [1.82, 2.24) is 9.97 Å². The van der Waals surface area contributed by atoms with Crippen molar-refractivity contribution in [1.29, 1.82) is 0 Å². The Morgan fingerprint density at radius 2 is 1.85 bits per heavy atom. The number of methoxy groups -OCH3 is 1. The van der Waals surface area contributed by atoms with Crippen molar-refractivity contribution in [2.24, 2.45) is 16.8 Å². The molecule has 1 aromatic carbocycles. The summed E-state index contributed by atoms with van der Waals surface area (Å²) in [7, 11) is 1.78. The molecule has 2 aliphatic carbocycles. The summed E-state index contributed by atoms with van der Waals surface area (Å²) in [6, 6.07) is 4.48. The molecular formula is C26H33F2N5O. The van der Waals surface area contributed by atoms with E-state index in [9.17, 15) is 8.78 Å². The van der Waals surface area contributed by atoms with Gasteiger partial charge in [0.2, 0.25) is 5.95 Å². The van der Waals surface area contributed by atoms with E-state index in [2.05, 4.69) is 20.6 Å². The fourth-order valence-electron chi connectivity index (χ4n) is 5.70. The van der Waals surface area contributed by atoms with Gasteiger partial charge < -0.3 is 15.4 Å². The third kappa shape index (κ3) is 5.06. The van der Waals surface area contributed by atoms with E-state index < -0.39 is 11.6 Å². The highest BCUT2D eigenvalue weighted by Crippen LogP contribution is 2.38. The highest BCUT2D eigenvalue weighted by atomic mass is 19.2. The van der Waals surface area contributed by atoms with Crippen molar-refractivity contribution in [2.75, 3.05) is 17.7 Å². The number of anilines is 2. The molecular weight excluding hydrogens is 436 g/mol. The van der Waals surface area contributed by atoms with Crippen LogP contribution in [0.1, 0.15) is 63.5 Å². The first kappa shape index (κ1) is 23.1. The molecule has 5 rings (SSSR count). The first-order valence-electron chi connectivity index (χ1n) is 12.6. The van der Waals surface area contributed by atoms with Crippen molar-refractivity contribution >= 4 is 23.2 Å². The van der Waals surface area contributed by atoms with E-state index in [1.807, 2.05) is 0 Å². The Morgan fingerprint density at radius 3 is 2.62 bits per heavy atom. The number of rotatable bonds is 5. The Balaban J connectivity index is 1.39. The van der Waals surface area contributed by atoms with Crippen LogP contribution in [-0.2, 0) is 11.2 Å². The summed E-state index contributed by atoms with van der Waals surface area (Å²) in [6.45, 7) is 0. The molecule has 2 fully saturated rings. The molecule has 34 heavy (non-hydrogen) atoms. The van der Waals surface area contributed by atoms with E-state index in [0.29, 0.717) is 29.8 Å². The van der Waals surface area contributed by atoms with Crippen molar-refractivity contribution < 1.29 is 13.5 Å². The van der Waals surface area contributed by atoms with Gasteiger partial charge in [0, 0.05) is 19.1 Å². The molecule has 0 spiro atoms. The molecule has 0 radical (unpaired) electrons. The number of aromatic nitrogens is 2. The molecule has 6 nitrogen and oxygen atoms in total. The zero-order valence-electron chi connectivity index (χ0n) is 19.7. The largest absolute Gasteiger partial charge is 0.381 e. The van der Waals surface area contributed by atoms with Crippen LogP contribution in [0.15, 0.2) is 29.4 Å². The van der Waals surface area contributed by atoms with E-state index in [0.717, 1.165) is 68.8 Å². The lowest BCUT2D eigenvalue weighted by atomic mass is 9.86. The maximum absolute atomic E-state index is 14.4. The summed E-state index contributed by atoms with van der Waals surface area (Å²) in [5, 5.41) is 6.92. The van der Waals surface area contributed by atoms with Gasteiger partial charge in [0.15, 0.2) is 11.6 Å². The molecule has 1 atom stereocenters. The van der Waals surface area contributed by atoms with Crippen LogP contribution in [0.5, 0.6) is 0 Å². The number of fused-ring (bicyclic) bond motifs is 1. The van der Waals surface area contributed by atoms with Crippen LogP contribution in [0.3, 0.4) is 0 Å². The van der Waals surface area contributed by atoms with E-state index in [4.69, 9.17) is 9.72 Å². The second-order valence-electron chi connectivity index (χ2n) is 9.79. The van der Waals surface area contributed by atoms with Gasteiger partial charge in [-0.3, -0.25) is 0 Å².